The highest BCUT2D eigenvalue weighted by Crippen LogP contribution is 2.18. The molecule has 0 saturated carbocycles. The average molecular weight is 987 g/mol. The Balaban J connectivity index is 3.44. The Morgan fingerprint density at radius 2 is 0.571 bits per heavy atom. The third-order valence-electron chi connectivity index (χ3n) is 15.3. The number of carbonyl (C=O) groups excluding carboxylic acids is 1. The lowest BCUT2D eigenvalue weighted by molar-refractivity contribution is -0.124. The molecule has 0 radical (unpaired) electrons. The van der Waals surface area contributed by atoms with Gasteiger partial charge in [-0.2, -0.15) is 0 Å². The Kier molecular flexibility index (Phi) is 59.4. The molecule has 0 fully saturated rings. The first-order chi connectivity index (χ1) is 34.6. The standard InChI is InChI=1S/C65H127NO4/c1-3-5-7-9-11-13-15-17-19-21-22-23-24-25-26-27-28-29-30-31-32-33-34-35-36-37-38-39-40-41-42-44-46-48-50-52-54-56-58-60-64(69)66-62(61-67)65(70)63(68)59-57-55-53-51-49-47-45-43-20-18-16-14-12-10-8-6-4-2/h31-32,51,53,62-63,65,67-68,70H,3-30,33-50,52,54-61H2,1-2H3,(H,66,69)/b32-31-,53-51+. The molecule has 0 aromatic carbocycles. The van der Waals surface area contributed by atoms with Crippen molar-refractivity contribution in [1.82, 2.24) is 5.32 Å². The Hall–Kier alpha value is -1.17. The minimum Gasteiger partial charge on any atom is -0.394 e. The van der Waals surface area contributed by atoms with Gasteiger partial charge >= 0.3 is 0 Å². The zero-order valence-electron chi connectivity index (χ0n) is 47.7. The summed E-state index contributed by atoms with van der Waals surface area (Å²) >= 11 is 0. The molecule has 4 N–H and O–H groups in total. The summed E-state index contributed by atoms with van der Waals surface area (Å²) in [4.78, 5) is 12.5. The largest absolute Gasteiger partial charge is 0.394 e. The summed E-state index contributed by atoms with van der Waals surface area (Å²) in [6.45, 7) is 4.21. The van der Waals surface area contributed by atoms with Crippen LogP contribution in [-0.4, -0.2) is 46.1 Å². The van der Waals surface area contributed by atoms with Gasteiger partial charge in [-0.25, -0.2) is 0 Å². The van der Waals surface area contributed by atoms with Crippen molar-refractivity contribution in [2.75, 3.05) is 6.61 Å². The SMILES string of the molecule is CCCCCCCCCCCCCC/C=C/CCCC(O)C(O)C(CO)NC(=O)CCCCCCCCCCCCCCCCCCC/C=C\CCCCCCCCCCCCCCCCCCCC. The number of rotatable bonds is 60. The molecule has 0 aliphatic carbocycles. The smallest absolute Gasteiger partial charge is 0.220 e. The zero-order valence-corrected chi connectivity index (χ0v) is 47.7. The Morgan fingerprint density at radius 3 is 0.829 bits per heavy atom. The molecular weight excluding hydrogens is 859 g/mol. The highest BCUT2D eigenvalue weighted by atomic mass is 16.3. The number of unbranched alkanes of at least 4 members (excludes halogenated alkanes) is 48. The maximum Gasteiger partial charge on any atom is 0.220 e. The van der Waals surface area contributed by atoms with E-state index in [2.05, 4.69) is 43.5 Å². The fraction of sp³-hybridized carbons (Fsp3) is 0.923. The lowest BCUT2D eigenvalue weighted by Crippen LogP contribution is -2.50. The van der Waals surface area contributed by atoms with Gasteiger partial charge in [-0.05, 0) is 64.2 Å². The highest BCUT2D eigenvalue weighted by Gasteiger charge is 2.26. The van der Waals surface area contributed by atoms with Crippen LogP contribution < -0.4 is 5.32 Å². The number of aliphatic hydroxyl groups excluding tert-OH is 3. The van der Waals surface area contributed by atoms with Gasteiger partial charge in [0.1, 0.15) is 6.10 Å². The van der Waals surface area contributed by atoms with Crippen LogP contribution in [0.1, 0.15) is 361 Å². The number of amides is 1. The molecule has 0 rings (SSSR count). The van der Waals surface area contributed by atoms with Crippen molar-refractivity contribution < 1.29 is 20.1 Å². The second kappa shape index (κ2) is 60.4. The fourth-order valence-electron chi connectivity index (χ4n) is 10.3. The molecule has 416 valence electrons. The second-order valence-corrected chi connectivity index (χ2v) is 22.3. The minimum absolute atomic E-state index is 0.148. The Morgan fingerprint density at radius 1 is 0.343 bits per heavy atom. The van der Waals surface area contributed by atoms with Crippen molar-refractivity contribution in [3.05, 3.63) is 24.3 Å². The van der Waals surface area contributed by atoms with Crippen LogP contribution in [0, 0.1) is 0 Å². The summed E-state index contributed by atoms with van der Waals surface area (Å²) in [5, 5.41) is 33.8. The van der Waals surface area contributed by atoms with Crippen molar-refractivity contribution in [3.63, 3.8) is 0 Å². The molecule has 0 aliphatic rings. The lowest BCUT2D eigenvalue weighted by Gasteiger charge is -2.26. The molecule has 0 aromatic heterocycles. The van der Waals surface area contributed by atoms with Crippen LogP contribution in [0.4, 0.5) is 0 Å². The van der Waals surface area contributed by atoms with E-state index in [9.17, 15) is 20.1 Å². The lowest BCUT2D eigenvalue weighted by atomic mass is 10.0. The van der Waals surface area contributed by atoms with E-state index in [0.717, 1.165) is 38.5 Å². The van der Waals surface area contributed by atoms with Gasteiger partial charge in [0, 0.05) is 6.42 Å². The van der Waals surface area contributed by atoms with E-state index in [0.29, 0.717) is 12.8 Å². The number of carbonyl (C=O) groups is 1. The molecule has 0 heterocycles. The van der Waals surface area contributed by atoms with Crippen LogP contribution in [0.2, 0.25) is 0 Å². The van der Waals surface area contributed by atoms with Crippen LogP contribution >= 0.6 is 0 Å². The first kappa shape index (κ1) is 68.8. The first-order valence-electron chi connectivity index (χ1n) is 32.1. The van der Waals surface area contributed by atoms with Crippen LogP contribution in [0.3, 0.4) is 0 Å². The van der Waals surface area contributed by atoms with Gasteiger partial charge in [-0.1, -0.05) is 314 Å². The van der Waals surface area contributed by atoms with E-state index >= 15 is 0 Å². The molecule has 0 saturated heterocycles. The van der Waals surface area contributed by atoms with Crippen LogP contribution in [-0.2, 0) is 4.79 Å². The summed E-state index contributed by atoms with van der Waals surface area (Å²) in [7, 11) is 0. The van der Waals surface area contributed by atoms with Gasteiger partial charge in [0.25, 0.3) is 0 Å². The normalized spacial score (nSPS) is 13.3. The third kappa shape index (κ3) is 54.6. The fourth-order valence-corrected chi connectivity index (χ4v) is 10.3. The molecule has 3 atom stereocenters. The van der Waals surface area contributed by atoms with Crippen molar-refractivity contribution >= 4 is 5.91 Å². The van der Waals surface area contributed by atoms with E-state index in [1.54, 1.807) is 0 Å². The van der Waals surface area contributed by atoms with Gasteiger partial charge in [0.15, 0.2) is 0 Å². The first-order valence-corrected chi connectivity index (χ1v) is 32.1. The Labute approximate surface area is 439 Å². The molecular formula is C65H127NO4. The maximum absolute atomic E-state index is 12.5. The van der Waals surface area contributed by atoms with Gasteiger partial charge in [-0.15, -0.1) is 0 Å². The second-order valence-electron chi connectivity index (χ2n) is 22.3. The zero-order chi connectivity index (χ0) is 50.7. The predicted octanol–water partition coefficient (Wildman–Crippen LogP) is 20.4. The van der Waals surface area contributed by atoms with Crippen LogP contribution in [0.25, 0.3) is 0 Å². The molecule has 1 amide bonds. The molecule has 0 aliphatic heterocycles. The topological polar surface area (TPSA) is 89.8 Å². The Bertz CT molecular complexity index is 1040. The van der Waals surface area contributed by atoms with E-state index < -0.39 is 18.2 Å². The van der Waals surface area contributed by atoms with E-state index in [-0.39, 0.29) is 12.5 Å². The highest BCUT2D eigenvalue weighted by molar-refractivity contribution is 5.76. The molecule has 3 unspecified atom stereocenters. The summed E-state index contributed by atoms with van der Waals surface area (Å²) in [6, 6.07) is -0.824. The van der Waals surface area contributed by atoms with E-state index in [1.165, 1.54) is 295 Å². The van der Waals surface area contributed by atoms with E-state index in [4.69, 9.17) is 0 Å². The van der Waals surface area contributed by atoms with Gasteiger partial charge in [0.05, 0.1) is 18.8 Å². The number of aliphatic hydroxyl groups is 3. The van der Waals surface area contributed by atoms with Crippen LogP contribution in [0.5, 0.6) is 0 Å². The van der Waals surface area contributed by atoms with Gasteiger partial charge < -0.3 is 20.6 Å². The number of nitrogens with one attached hydrogen (secondary N) is 1. The van der Waals surface area contributed by atoms with Crippen molar-refractivity contribution in [3.8, 4) is 0 Å². The van der Waals surface area contributed by atoms with Gasteiger partial charge in [-0.3, -0.25) is 4.79 Å². The molecule has 5 heteroatoms. The number of hydrogen-bond donors (Lipinski definition) is 4. The molecule has 0 aromatic rings. The van der Waals surface area contributed by atoms with Crippen molar-refractivity contribution in [1.29, 1.82) is 0 Å². The van der Waals surface area contributed by atoms with Crippen molar-refractivity contribution in [2.45, 2.75) is 379 Å². The summed E-state index contributed by atoms with van der Waals surface area (Å²) in [5.41, 5.74) is 0. The quantitative estimate of drug-likeness (QED) is 0.0361. The molecule has 70 heavy (non-hydrogen) atoms. The molecule has 0 bridgehead atoms. The monoisotopic (exact) mass is 986 g/mol. The number of hydrogen-bond acceptors (Lipinski definition) is 4. The average Bonchev–Trinajstić information content (AvgIpc) is 3.36. The molecule has 0 spiro atoms. The maximum atomic E-state index is 12.5. The van der Waals surface area contributed by atoms with Crippen molar-refractivity contribution in [2.24, 2.45) is 0 Å². The molecule has 5 nitrogen and oxygen atoms in total. The summed E-state index contributed by atoms with van der Waals surface area (Å²) in [6.07, 6.45) is 78.1. The predicted molar refractivity (Wildman–Crippen MR) is 310 cm³/mol. The van der Waals surface area contributed by atoms with Gasteiger partial charge in [0.2, 0.25) is 5.91 Å². The number of allylic oxidation sites excluding steroid dienone is 4. The van der Waals surface area contributed by atoms with E-state index in [1.807, 2.05) is 0 Å². The minimum atomic E-state index is -1.16. The third-order valence-corrected chi connectivity index (χ3v) is 15.3. The van der Waals surface area contributed by atoms with Crippen LogP contribution in [0.15, 0.2) is 24.3 Å². The summed E-state index contributed by atoms with van der Waals surface area (Å²) < 4.78 is 0. The summed E-state index contributed by atoms with van der Waals surface area (Å²) in [5.74, 6) is -0.148.